The lowest BCUT2D eigenvalue weighted by Crippen LogP contribution is -2.52. The summed E-state index contributed by atoms with van der Waals surface area (Å²) < 4.78 is 0. The molecule has 1 amide bonds. The van der Waals surface area contributed by atoms with E-state index >= 15 is 0 Å². The fourth-order valence-electron chi connectivity index (χ4n) is 2.99. The summed E-state index contributed by atoms with van der Waals surface area (Å²) in [7, 11) is 0. The molecule has 0 saturated carbocycles. The molecule has 2 aromatic carbocycles. The molecule has 0 radical (unpaired) electrons. The Morgan fingerprint density at radius 2 is 1.68 bits per heavy atom. The van der Waals surface area contributed by atoms with Crippen LogP contribution < -0.4 is 10.2 Å². The molecule has 0 spiro atoms. The number of thiocarbonyl (C=S) groups is 1. The highest BCUT2D eigenvalue weighted by atomic mass is 35.5. The van der Waals surface area contributed by atoms with E-state index in [2.05, 4.69) is 5.32 Å². The molecule has 1 aliphatic heterocycles. The fraction of sp³-hybridized carbons (Fsp3) is 0.222. The molecular formula is C18H16Cl2N4O3S. The Morgan fingerprint density at radius 1 is 1.04 bits per heavy atom. The molecule has 1 fully saturated rings. The van der Waals surface area contributed by atoms with Gasteiger partial charge >= 0.3 is 0 Å². The minimum atomic E-state index is -0.442. The monoisotopic (exact) mass is 438 g/mol. The normalized spacial score (nSPS) is 13.9. The first-order valence-corrected chi connectivity index (χ1v) is 9.57. The molecule has 1 N–H and O–H groups in total. The molecular weight excluding hydrogens is 423 g/mol. The average molecular weight is 439 g/mol. The van der Waals surface area contributed by atoms with Crippen LogP contribution in [-0.4, -0.2) is 47.0 Å². The quantitative estimate of drug-likeness (QED) is 0.446. The number of para-hydroxylation sites is 1. The minimum absolute atomic E-state index is 0.0319. The van der Waals surface area contributed by atoms with Crippen LogP contribution in [0.3, 0.4) is 0 Å². The van der Waals surface area contributed by atoms with Crippen molar-refractivity contribution in [3.05, 3.63) is 68.2 Å². The summed E-state index contributed by atoms with van der Waals surface area (Å²) in [5.74, 6) is -0.375. The van der Waals surface area contributed by atoms with E-state index in [0.717, 1.165) is 0 Å². The Kier molecular flexibility index (Phi) is 6.33. The van der Waals surface area contributed by atoms with Gasteiger partial charge in [-0.25, -0.2) is 0 Å². The maximum Gasteiger partial charge on any atom is 0.294 e. The summed E-state index contributed by atoms with van der Waals surface area (Å²) >= 11 is 17.6. The van der Waals surface area contributed by atoms with Crippen LogP contribution in [0.1, 0.15) is 10.4 Å². The number of carbonyl (C=O) groups excluding carboxylic acids is 1. The van der Waals surface area contributed by atoms with Gasteiger partial charge in [0.25, 0.3) is 11.6 Å². The van der Waals surface area contributed by atoms with Gasteiger partial charge in [-0.2, -0.15) is 0 Å². The number of halogens is 2. The number of rotatable bonds is 3. The second kappa shape index (κ2) is 8.72. The summed E-state index contributed by atoms with van der Waals surface area (Å²) in [5.41, 5.74) is 0.715. The lowest BCUT2D eigenvalue weighted by atomic mass is 10.2. The molecule has 2 aromatic rings. The molecule has 1 aliphatic rings. The molecule has 1 heterocycles. The number of nitrogens with one attached hydrogen (secondary N) is 1. The largest absolute Gasteiger partial charge is 0.361 e. The van der Waals surface area contributed by atoms with Crippen LogP contribution in [-0.2, 0) is 0 Å². The molecule has 0 atom stereocenters. The lowest BCUT2D eigenvalue weighted by Gasteiger charge is -2.37. The average Bonchev–Trinajstić information content (AvgIpc) is 2.68. The van der Waals surface area contributed by atoms with Gasteiger partial charge in [0, 0.05) is 32.2 Å². The number of hydrogen-bond donors (Lipinski definition) is 1. The summed E-state index contributed by atoms with van der Waals surface area (Å²) in [6, 6.07) is 11.3. The maximum atomic E-state index is 12.4. The first kappa shape index (κ1) is 20.3. The van der Waals surface area contributed by atoms with Crippen molar-refractivity contribution in [2.45, 2.75) is 0 Å². The van der Waals surface area contributed by atoms with E-state index < -0.39 is 4.92 Å². The van der Waals surface area contributed by atoms with E-state index in [0.29, 0.717) is 52.6 Å². The number of nitro benzene ring substituents is 1. The zero-order valence-electron chi connectivity index (χ0n) is 14.6. The Morgan fingerprint density at radius 3 is 2.32 bits per heavy atom. The van der Waals surface area contributed by atoms with Gasteiger partial charge in [0.2, 0.25) is 0 Å². The predicted molar refractivity (Wildman–Crippen MR) is 113 cm³/mol. The molecule has 10 heteroatoms. The highest BCUT2D eigenvalue weighted by Crippen LogP contribution is 2.35. The van der Waals surface area contributed by atoms with Crippen molar-refractivity contribution >= 4 is 57.8 Å². The zero-order valence-corrected chi connectivity index (χ0v) is 16.9. The molecule has 28 heavy (non-hydrogen) atoms. The summed E-state index contributed by atoms with van der Waals surface area (Å²) in [6.07, 6.45) is 0. The van der Waals surface area contributed by atoms with Crippen molar-refractivity contribution in [3.8, 4) is 0 Å². The molecule has 0 aliphatic carbocycles. The van der Waals surface area contributed by atoms with Gasteiger partial charge in [0.05, 0.1) is 20.5 Å². The van der Waals surface area contributed by atoms with Gasteiger partial charge in [0.1, 0.15) is 5.69 Å². The molecule has 0 bridgehead atoms. The van der Waals surface area contributed by atoms with Gasteiger partial charge in [-0.1, -0.05) is 41.4 Å². The Bertz CT molecular complexity index is 933. The first-order valence-electron chi connectivity index (χ1n) is 8.41. The number of amides is 1. The van der Waals surface area contributed by atoms with Crippen LogP contribution in [0.25, 0.3) is 0 Å². The number of benzene rings is 2. The van der Waals surface area contributed by atoms with Gasteiger partial charge in [-0.05, 0) is 30.4 Å². The number of hydrogen-bond acceptors (Lipinski definition) is 5. The molecule has 146 valence electrons. The second-order valence-corrected chi connectivity index (χ2v) is 7.28. The van der Waals surface area contributed by atoms with Crippen LogP contribution in [0.4, 0.5) is 11.4 Å². The van der Waals surface area contributed by atoms with Crippen molar-refractivity contribution in [1.29, 1.82) is 0 Å². The molecule has 0 aromatic heterocycles. The number of carbonyl (C=O) groups is 1. The number of nitro groups is 1. The topological polar surface area (TPSA) is 78.7 Å². The van der Waals surface area contributed by atoms with Crippen LogP contribution in [0.5, 0.6) is 0 Å². The smallest absolute Gasteiger partial charge is 0.294 e. The van der Waals surface area contributed by atoms with Crippen LogP contribution >= 0.6 is 35.4 Å². The van der Waals surface area contributed by atoms with Crippen LogP contribution in [0, 0.1) is 10.1 Å². The summed E-state index contributed by atoms with van der Waals surface area (Å²) in [6.45, 7) is 1.94. The van der Waals surface area contributed by atoms with E-state index in [9.17, 15) is 14.9 Å². The third kappa shape index (κ3) is 4.35. The van der Waals surface area contributed by atoms with Gasteiger partial charge in [0.15, 0.2) is 5.11 Å². The fourth-order valence-corrected chi connectivity index (χ4v) is 3.77. The van der Waals surface area contributed by atoms with E-state index in [1.807, 2.05) is 9.80 Å². The Hall–Kier alpha value is -2.42. The van der Waals surface area contributed by atoms with Crippen LogP contribution in [0.2, 0.25) is 10.0 Å². The SMILES string of the molecule is O=C(NC(=S)N1CCN(c2c(Cl)cccc2[N+](=O)[O-])CC1)c1ccccc1Cl. The van der Waals surface area contributed by atoms with Gasteiger partial charge in [-0.3, -0.25) is 20.2 Å². The van der Waals surface area contributed by atoms with Gasteiger partial charge < -0.3 is 9.80 Å². The third-order valence-electron chi connectivity index (χ3n) is 4.38. The summed E-state index contributed by atoms with van der Waals surface area (Å²) in [4.78, 5) is 26.9. The Balaban J connectivity index is 1.65. The molecule has 7 nitrogen and oxygen atoms in total. The van der Waals surface area contributed by atoms with E-state index in [-0.39, 0.29) is 11.6 Å². The van der Waals surface area contributed by atoms with Crippen molar-refractivity contribution < 1.29 is 9.72 Å². The molecule has 1 saturated heterocycles. The molecule has 0 unspecified atom stereocenters. The number of anilines is 1. The second-order valence-electron chi connectivity index (χ2n) is 6.08. The van der Waals surface area contributed by atoms with E-state index in [1.54, 1.807) is 36.4 Å². The Labute approximate surface area is 177 Å². The number of nitrogens with zero attached hydrogens (tertiary/aromatic N) is 3. The maximum absolute atomic E-state index is 12.4. The summed E-state index contributed by atoms with van der Waals surface area (Å²) in [5, 5.41) is 15.0. The number of piperazine rings is 1. The zero-order chi connectivity index (χ0) is 20.3. The van der Waals surface area contributed by atoms with E-state index in [4.69, 9.17) is 35.4 Å². The van der Waals surface area contributed by atoms with Crippen molar-refractivity contribution in [1.82, 2.24) is 10.2 Å². The predicted octanol–water partition coefficient (Wildman–Crippen LogP) is 3.74. The lowest BCUT2D eigenvalue weighted by molar-refractivity contribution is -0.384. The van der Waals surface area contributed by atoms with Crippen molar-refractivity contribution in [3.63, 3.8) is 0 Å². The first-order chi connectivity index (χ1) is 13.4. The highest BCUT2D eigenvalue weighted by Gasteiger charge is 2.27. The van der Waals surface area contributed by atoms with Crippen molar-refractivity contribution in [2.24, 2.45) is 0 Å². The van der Waals surface area contributed by atoms with Gasteiger partial charge in [-0.15, -0.1) is 0 Å². The van der Waals surface area contributed by atoms with Crippen molar-refractivity contribution in [2.75, 3.05) is 31.1 Å². The highest BCUT2D eigenvalue weighted by molar-refractivity contribution is 7.80. The van der Waals surface area contributed by atoms with Crippen LogP contribution in [0.15, 0.2) is 42.5 Å². The minimum Gasteiger partial charge on any atom is -0.361 e. The van der Waals surface area contributed by atoms with E-state index in [1.165, 1.54) is 6.07 Å². The molecule has 3 rings (SSSR count). The third-order valence-corrected chi connectivity index (χ3v) is 5.38. The standard InChI is InChI=1S/C18H16Cl2N4O3S/c19-13-5-2-1-4-12(13)17(25)21-18(28)23-10-8-22(9-11-23)16-14(20)6-3-7-15(16)24(26)27/h1-7H,8-11H2,(H,21,25,28).